The van der Waals surface area contributed by atoms with Crippen molar-refractivity contribution in [3.05, 3.63) is 35.4 Å². The number of hydrogen-bond donors (Lipinski definition) is 2. The summed E-state index contributed by atoms with van der Waals surface area (Å²) < 4.78 is 26.3. The SMILES string of the molecule is CCC(CN)CC(=O)NC(C)c1ccc(F)cc1F. The second-order valence-corrected chi connectivity index (χ2v) is 4.67. The van der Waals surface area contributed by atoms with Crippen LogP contribution >= 0.6 is 0 Å². The molecule has 0 aliphatic rings. The van der Waals surface area contributed by atoms with Crippen molar-refractivity contribution in [3.63, 3.8) is 0 Å². The Hall–Kier alpha value is -1.49. The number of nitrogens with one attached hydrogen (secondary N) is 1. The van der Waals surface area contributed by atoms with E-state index in [-0.39, 0.29) is 17.4 Å². The fourth-order valence-corrected chi connectivity index (χ4v) is 1.89. The van der Waals surface area contributed by atoms with Crippen LogP contribution in [0, 0.1) is 17.6 Å². The van der Waals surface area contributed by atoms with Gasteiger partial charge in [0.15, 0.2) is 0 Å². The Bertz CT molecular complexity index is 433. The zero-order valence-electron chi connectivity index (χ0n) is 11.2. The van der Waals surface area contributed by atoms with Gasteiger partial charge in [-0.05, 0) is 25.5 Å². The van der Waals surface area contributed by atoms with Gasteiger partial charge in [-0.25, -0.2) is 8.78 Å². The third-order valence-electron chi connectivity index (χ3n) is 3.19. The zero-order valence-corrected chi connectivity index (χ0v) is 11.2. The first-order valence-electron chi connectivity index (χ1n) is 6.42. The predicted molar refractivity (Wildman–Crippen MR) is 70.4 cm³/mol. The molecule has 0 aromatic heterocycles. The van der Waals surface area contributed by atoms with E-state index < -0.39 is 17.7 Å². The Kier molecular flexibility index (Phi) is 5.89. The molecule has 3 nitrogen and oxygen atoms in total. The van der Waals surface area contributed by atoms with Crippen molar-refractivity contribution >= 4 is 5.91 Å². The van der Waals surface area contributed by atoms with E-state index in [1.807, 2.05) is 6.92 Å². The molecule has 0 aliphatic carbocycles. The maximum Gasteiger partial charge on any atom is 0.220 e. The van der Waals surface area contributed by atoms with Crippen molar-refractivity contribution < 1.29 is 13.6 Å². The van der Waals surface area contributed by atoms with Crippen LogP contribution in [-0.4, -0.2) is 12.5 Å². The van der Waals surface area contributed by atoms with Crippen LogP contribution < -0.4 is 11.1 Å². The van der Waals surface area contributed by atoms with Crippen LogP contribution in [-0.2, 0) is 4.79 Å². The average molecular weight is 270 g/mol. The lowest BCUT2D eigenvalue weighted by atomic mass is 10.0. The quantitative estimate of drug-likeness (QED) is 0.834. The van der Waals surface area contributed by atoms with Gasteiger partial charge >= 0.3 is 0 Å². The number of halogens is 2. The molecule has 5 heteroatoms. The summed E-state index contributed by atoms with van der Waals surface area (Å²) in [4.78, 5) is 11.8. The molecule has 19 heavy (non-hydrogen) atoms. The second-order valence-electron chi connectivity index (χ2n) is 4.67. The maximum absolute atomic E-state index is 13.5. The lowest BCUT2D eigenvalue weighted by molar-refractivity contribution is -0.122. The minimum Gasteiger partial charge on any atom is -0.349 e. The first kappa shape index (κ1) is 15.6. The summed E-state index contributed by atoms with van der Waals surface area (Å²) in [5.74, 6) is -1.33. The molecule has 0 aliphatic heterocycles. The molecule has 106 valence electrons. The summed E-state index contributed by atoms with van der Waals surface area (Å²) in [5, 5.41) is 2.70. The van der Waals surface area contributed by atoms with Gasteiger partial charge in [0.25, 0.3) is 0 Å². The number of benzene rings is 1. The second kappa shape index (κ2) is 7.19. The molecule has 0 saturated carbocycles. The van der Waals surface area contributed by atoms with Gasteiger partial charge in [0.2, 0.25) is 5.91 Å². The highest BCUT2D eigenvalue weighted by Crippen LogP contribution is 2.18. The summed E-state index contributed by atoms with van der Waals surface area (Å²) >= 11 is 0. The van der Waals surface area contributed by atoms with E-state index in [2.05, 4.69) is 5.32 Å². The fraction of sp³-hybridized carbons (Fsp3) is 0.500. The molecule has 0 spiro atoms. The van der Waals surface area contributed by atoms with Crippen molar-refractivity contribution in [2.45, 2.75) is 32.7 Å². The van der Waals surface area contributed by atoms with Crippen LogP contribution in [0.5, 0.6) is 0 Å². The number of amides is 1. The Labute approximate surface area is 112 Å². The topological polar surface area (TPSA) is 55.1 Å². The molecular weight excluding hydrogens is 250 g/mol. The van der Waals surface area contributed by atoms with E-state index in [0.29, 0.717) is 13.0 Å². The summed E-state index contributed by atoms with van der Waals surface area (Å²) in [6.07, 6.45) is 1.14. The van der Waals surface area contributed by atoms with Crippen molar-refractivity contribution in [2.24, 2.45) is 11.7 Å². The maximum atomic E-state index is 13.5. The van der Waals surface area contributed by atoms with Gasteiger partial charge < -0.3 is 11.1 Å². The normalized spacial score (nSPS) is 13.9. The van der Waals surface area contributed by atoms with E-state index in [4.69, 9.17) is 5.73 Å². The van der Waals surface area contributed by atoms with Crippen molar-refractivity contribution in [2.75, 3.05) is 6.54 Å². The smallest absolute Gasteiger partial charge is 0.220 e. The fourth-order valence-electron chi connectivity index (χ4n) is 1.89. The standard InChI is InChI=1S/C14H20F2N2O/c1-3-10(8-17)6-14(19)18-9(2)12-5-4-11(15)7-13(12)16/h4-5,7,9-10H,3,6,8,17H2,1-2H3,(H,18,19). The third kappa shape index (κ3) is 4.59. The Balaban J connectivity index is 2.63. The largest absolute Gasteiger partial charge is 0.349 e. The molecular formula is C14H20F2N2O. The first-order valence-corrected chi connectivity index (χ1v) is 6.42. The van der Waals surface area contributed by atoms with Crippen molar-refractivity contribution in [1.29, 1.82) is 0 Å². The third-order valence-corrected chi connectivity index (χ3v) is 3.19. The van der Waals surface area contributed by atoms with Crippen molar-refractivity contribution in [1.82, 2.24) is 5.32 Å². The molecule has 0 radical (unpaired) electrons. The van der Waals surface area contributed by atoms with Gasteiger partial charge in [-0.2, -0.15) is 0 Å². The molecule has 2 atom stereocenters. The van der Waals surface area contributed by atoms with E-state index in [9.17, 15) is 13.6 Å². The lowest BCUT2D eigenvalue weighted by Gasteiger charge is -2.17. The number of carbonyl (C=O) groups is 1. The Morgan fingerprint density at radius 1 is 1.42 bits per heavy atom. The summed E-state index contributed by atoms with van der Waals surface area (Å²) in [6.45, 7) is 4.08. The van der Waals surface area contributed by atoms with Crippen LogP contribution in [0.1, 0.15) is 38.3 Å². The van der Waals surface area contributed by atoms with E-state index in [0.717, 1.165) is 12.5 Å². The minimum absolute atomic E-state index is 0.130. The highest BCUT2D eigenvalue weighted by Gasteiger charge is 2.16. The average Bonchev–Trinajstić information content (AvgIpc) is 2.35. The molecule has 2 unspecified atom stereocenters. The molecule has 0 fully saturated rings. The molecule has 1 amide bonds. The first-order chi connectivity index (χ1) is 8.97. The number of rotatable bonds is 6. The van der Waals surface area contributed by atoms with Crippen LogP contribution in [0.15, 0.2) is 18.2 Å². The number of nitrogens with two attached hydrogens (primary N) is 1. The highest BCUT2D eigenvalue weighted by molar-refractivity contribution is 5.76. The van der Waals surface area contributed by atoms with Crippen LogP contribution in [0.3, 0.4) is 0 Å². The van der Waals surface area contributed by atoms with Gasteiger partial charge in [-0.15, -0.1) is 0 Å². The molecule has 1 aromatic carbocycles. The van der Waals surface area contributed by atoms with E-state index in [1.54, 1.807) is 6.92 Å². The van der Waals surface area contributed by atoms with Crippen molar-refractivity contribution in [3.8, 4) is 0 Å². The summed E-state index contributed by atoms with van der Waals surface area (Å²) in [6, 6.07) is 2.83. The molecule has 0 saturated heterocycles. The Morgan fingerprint density at radius 3 is 2.63 bits per heavy atom. The van der Waals surface area contributed by atoms with Gasteiger partial charge in [0.1, 0.15) is 11.6 Å². The number of carbonyl (C=O) groups excluding carboxylic acids is 1. The van der Waals surface area contributed by atoms with Crippen LogP contribution in [0.4, 0.5) is 8.78 Å². The van der Waals surface area contributed by atoms with Crippen LogP contribution in [0.25, 0.3) is 0 Å². The molecule has 0 bridgehead atoms. The summed E-state index contributed by atoms with van der Waals surface area (Å²) in [7, 11) is 0. The number of hydrogen-bond acceptors (Lipinski definition) is 2. The van der Waals surface area contributed by atoms with E-state index >= 15 is 0 Å². The Morgan fingerprint density at radius 2 is 2.11 bits per heavy atom. The van der Waals surface area contributed by atoms with E-state index in [1.165, 1.54) is 12.1 Å². The van der Waals surface area contributed by atoms with Gasteiger partial charge in [-0.1, -0.05) is 19.4 Å². The van der Waals surface area contributed by atoms with Crippen LogP contribution in [0.2, 0.25) is 0 Å². The van der Waals surface area contributed by atoms with Gasteiger partial charge in [0, 0.05) is 18.1 Å². The predicted octanol–water partition coefficient (Wildman–Crippen LogP) is 2.52. The molecule has 1 aromatic rings. The monoisotopic (exact) mass is 270 g/mol. The molecule has 3 N–H and O–H groups in total. The lowest BCUT2D eigenvalue weighted by Crippen LogP contribution is -2.30. The minimum atomic E-state index is -0.654. The van der Waals surface area contributed by atoms with Gasteiger partial charge in [0.05, 0.1) is 6.04 Å². The highest BCUT2D eigenvalue weighted by atomic mass is 19.1. The summed E-state index contributed by atoms with van der Waals surface area (Å²) in [5.41, 5.74) is 5.81. The van der Waals surface area contributed by atoms with Gasteiger partial charge in [-0.3, -0.25) is 4.79 Å². The zero-order chi connectivity index (χ0) is 14.4. The molecule has 1 rings (SSSR count). The molecule has 0 heterocycles.